The van der Waals surface area contributed by atoms with Crippen molar-refractivity contribution in [2.75, 3.05) is 42.9 Å². The normalized spacial score (nSPS) is 19.1. The molecule has 3 aromatic rings. The quantitative estimate of drug-likeness (QED) is 0.609. The number of pyridine rings is 1. The van der Waals surface area contributed by atoms with Gasteiger partial charge >= 0.3 is 0 Å². The smallest absolute Gasteiger partial charge is 0.268 e. The molecule has 5 rings (SSSR count). The van der Waals surface area contributed by atoms with Crippen molar-refractivity contribution in [2.45, 2.75) is 19.9 Å². The highest BCUT2D eigenvalue weighted by molar-refractivity contribution is 5.98. The number of rotatable bonds is 4. The number of carbonyl (C=O) groups is 1. The van der Waals surface area contributed by atoms with Crippen LogP contribution in [-0.4, -0.2) is 58.1 Å². The van der Waals surface area contributed by atoms with Crippen molar-refractivity contribution < 1.29 is 4.79 Å². The Morgan fingerprint density at radius 3 is 2.73 bits per heavy atom. The highest BCUT2D eigenvalue weighted by atomic mass is 16.2. The number of piperazine rings is 1. The van der Waals surface area contributed by atoms with Crippen LogP contribution in [-0.2, 0) is 0 Å². The average Bonchev–Trinajstić information content (AvgIpc) is 3.15. The number of aromatic nitrogens is 4. The van der Waals surface area contributed by atoms with Crippen molar-refractivity contribution in [1.29, 1.82) is 0 Å². The van der Waals surface area contributed by atoms with Crippen LogP contribution in [0.15, 0.2) is 30.6 Å². The summed E-state index contributed by atoms with van der Waals surface area (Å²) in [7, 11) is 0. The van der Waals surface area contributed by atoms with E-state index in [0.717, 1.165) is 42.9 Å². The van der Waals surface area contributed by atoms with Crippen LogP contribution in [0.2, 0.25) is 0 Å². The molecule has 0 aliphatic carbocycles. The van der Waals surface area contributed by atoms with Gasteiger partial charge in [0.05, 0.1) is 17.9 Å². The summed E-state index contributed by atoms with van der Waals surface area (Å²) in [5, 5.41) is 10.4. The molecule has 1 atom stereocenters. The zero-order chi connectivity index (χ0) is 20.7. The Morgan fingerprint density at radius 2 is 2.00 bits per heavy atom. The Labute approximate surface area is 174 Å². The van der Waals surface area contributed by atoms with E-state index in [-0.39, 0.29) is 11.9 Å². The van der Waals surface area contributed by atoms with E-state index >= 15 is 0 Å². The van der Waals surface area contributed by atoms with Crippen molar-refractivity contribution in [2.24, 2.45) is 5.92 Å². The fourth-order valence-corrected chi connectivity index (χ4v) is 4.18. The Balaban J connectivity index is 1.43. The topological polar surface area (TPSA) is 100 Å². The highest BCUT2D eigenvalue weighted by Gasteiger charge is 2.29. The van der Waals surface area contributed by atoms with E-state index in [4.69, 9.17) is 4.98 Å². The van der Waals surface area contributed by atoms with Crippen molar-refractivity contribution in [3.63, 3.8) is 0 Å². The molecule has 0 aromatic carbocycles. The molecule has 3 aromatic heterocycles. The first-order valence-corrected chi connectivity index (χ1v) is 10.4. The van der Waals surface area contributed by atoms with Crippen LogP contribution in [0.3, 0.4) is 0 Å². The Bertz CT molecular complexity index is 1070. The summed E-state index contributed by atoms with van der Waals surface area (Å²) in [6, 6.07) is 6.04. The van der Waals surface area contributed by atoms with Gasteiger partial charge in [-0.05, 0) is 24.1 Å². The molecule has 3 N–H and O–H groups in total. The number of hydrogen-bond donors (Lipinski definition) is 3. The summed E-state index contributed by atoms with van der Waals surface area (Å²) in [4.78, 5) is 28.4. The fourth-order valence-electron chi connectivity index (χ4n) is 4.18. The predicted molar refractivity (Wildman–Crippen MR) is 116 cm³/mol. The Morgan fingerprint density at radius 1 is 1.17 bits per heavy atom. The molecule has 0 spiro atoms. The SMILES string of the molecule is CC(C)[C@@H]1CNC(=O)c2cc3cnc(Nc4ccc(N5CCNCC5)cn4)nc3n21. The van der Waals surface area contributed by atoms with Gasteiger partial charge in [-0.15, -0.1) is 0 Å². The van der Waals surface area contributed by atoms with E-state index in [1.54, 1.807) is 6.20 Å². The number of carbonyl (C=O) groups excluding carboxylic acids is 1. The summed E-state index contributed by atoms with van der Waals surface area (Å²) in [6.45, 7) is 8.87. The van der Waals surface area contributed by atoms with Crippen LogP contribution >= 0.6 is 0 Å². The van der Waals surface area contributed by atoms with E-state index in [9.17, 15) is 4.79 Å². The predicted octanol–water partition coefficient (Wildman–Crippen LogP) is 1.92. The van der Waals surface area contributed by atoms with E-state index < -0.39 is 0 Å². The number of fused-ring (bicyclic) bond motifs is 3. The third-order valence-electron chi connectivity index (χ3n) is 5.85. The minimum Gasteiger partial charge on any atom is -0.368 e. The van der Waals surface area contributed by atoms with Crippen LogP contribution in [0.25, 0.3) is 11.0 Å². The molecule has 0 unspecified atom stereocenters. The second-order valence-corrected chi connectivity index (χ2v) is 8.16. The third kappa shape index (κ3) is 3.35. The summed E-state index contributed by atoms with van der Waals surface area (Å²) in [6.07, 6.45) is 3.64. The molecule has 9 heteroatoms. The number of amides is 1. The molecule has 2 aliphatic rings. The van der Waals surface area contributed by atoms with E-state index in [1.807, 2.05) is 22.9 Å². The maximum absolute atomic E-state index is 12.3. The molecule has 156 valence electrons. The lowest BCUT2D eigenvalue weighted by Crippen LogP contribution is -2.43. The monoisotopic (exact) mass is 406 g/mol. The standard InChI is InChI=1S/C21H26N8O/c1-13(2)17-12-24-20(30)16-9-14-10-25-21(27-19(14)29(16)17)26-18-4-3-15(11-23-18)28-7-5-22-6-8-28/h3-4,9-11,13,17,22H,5-8,12H2,1-2H3,(H,24,30)(H,23,25,26,27)/t17-/m0/s1. The molecule has 0 radical (unpaired) electrons. The molecular weight excluding hydrogens is 380 g/mol. The van der Waals surface area contributed by atoms with Gasteiger partial charge in [0.15, 0.2) is 0 Å². The number of hydrogen-bond acceptors (Lipinski definition) is 7. The number of anilines is 3. The van der Waals surface area contributed by atoms with Gasteiger partial charge in [-0.3, -0.25) is 4.79 Å². The minimum absolute atomic E-state index is 0.0652. The van der Waals surface area contributed by atoms with Gasteiger partial charge in [0, 0.05) is 44.3 Å². The summed E-state index contributed by atoms with van der Waals surface area (Å²) < 4.78 is 2.05. The molecule has 30 heavy (non-hydrogen) atoms. The first-order chi connectivity index (χ1) is 14.6. The van der Waals surface area contributed by atoms with E-state index in [2.05, 4.69) is 50.7 Å². The van der Waals surface area contributed by atoms with Crippen LogP contribution in [0, 0.1) is 5.92 Å². The molecule has 9 nitrogen and oxygen atoms in total. The molecule has 0 saturated carbocycles. The van der Waals surface area contributed by atoms with Gasteiger partial charge in [-0.25, -0.2) is 9.97 Å². The van der Waals surface area contributed by atoms with Gasteiger partial charge in [0.25, 0.3) is 5.91 Å². The van der Waals surface area contributed by atoms with Gasteiger partial charge in [0.1, 0.15) is 17.2 Å². The Kier molecular flexibility index (Phi) is 4.74. The lowest BCUT2D eigenvalue weighted by molar-refractivity contribution is 0.0907. The van der Waals surface area contributed by atoms with Gasteiger partial charge in [-0.1, -0.05) is 13.8 Å². The first-order valence-electron chi connectivity index (χ1n) is 10.4. The molecule has 1 amide bonds. The van der Waals surface area contributed by atoms with Crippen LogP contribution in [0.4, 0.5) is 17.5 Å². The van der Waals surface area contributed by atoms with Crippen molar-refractivity contribution >= 4 is 34.4 Å². The largest absolute Gasteiger partial charge is 0.368 e. The zero-order valence-corrected chi connectivity index (χ0v) is 17.2. The van der Waals surface area contributed by atoms with Crippen molar-refractivity contribution in [1.82, 2.24) is 30.2 Å². The summed E-state index contributed by atoms with van der Waals surface area (Å²) in [5.41, 5.74) is 2.53. The highest BCUT2D eigenvalue weighted by Crippen LogP contribution is 2.30. The van der Waals surface area contributed by atoms with Crippen LogP contribution in [0.1, 0.15) is 30.4 Å². The van der Waals surface area contributed by atoms with Gasteiger partial charge in [0.2, 0.25) is 5.95 Å². The molecule has 1 saturated heterocycles. The van der Waals surface area contributed by atoms with Crippen LogP contribution < -0.4 is 20.9 Å². The van der Waals surface area contributed by atoms with Crippen molar-refractivity contribution in [3.05, 3.63) is 36.3 Å². The fraction of sp³-hybridized carbons (Fsp3) is 0.429. The Hall–Kier alpha value is -3.20. The molecule has 0 bridgehead atoms. The van der Waals surface area contributed by atoms with Gasteiger partial charge in [-0.2, -0.15) is 4.98 Å². The maximum atomic E-state index is 12.3. The first kappa shape index (κ1) is 18.8. The molecular formula is C21H26N8O. The average molecular weight is 406 g/mol. The van der Waals surface area contributed by atoms with E-state index in [0.29, 0.717) is 29.9 Å². The second-order valence-electron chi connectivity index (χ2n) is 8.16. The second kappa shape index (κ2) is 7.56. The third-order valence-corrected chi connectivity index (χ3v) is 5.85. The lowest BCUT2D eigenvalue weighted by Gasteiger charge is -2.29. The van der Waals surface area contributed by atoms with E-state index in [1.165, 1.54) is 0 Å². The lowest BCUT2D eigenvalue weighted by atomic mass is 10.0. The molecule has 2 aliphatic heterocycles. The van der Waals surface area contributed by atoms with Crippen LogP contribution in [0.5, 0.6) is 0 Å². The summed E-state index contributed by atoms with van der Waals surface area (Å²) >= 11 is 0. The maximum Gasteiger partial charge on any atom is 0.268 e. The summed E-state index contributed by atoms with van der Waals surface area (Å²) in [5.74, 6) is 1.46. The molecule has 1 fully saturated rings. The number of nitrogens with zero attached hydrogens (tertiary/aromatic N) is 5. The van der Waals surface area contributed by atoms with Gasteiger partial charge < -0.3 is 25.4 Å². The molecule has 5 heterocycles. The number of nitrogens with one attached hydrogen (secondary N) is 3. The minimum atomic E-state index is -0.0652. The zero-order valence-electron chi connectivity index (χ0n) is 17.2. The van der Waals surface area contributed by atoms with Crippen molar-refractivity contribution in [3.8, 4) is 0 Å².